The molecule has 0 aliphatic carbocycles. The van der Waals surface area contributed by atoms with E-state index in [1.54, 1.807) is 20.8 Å². The van der Waals surface area contributed by atoms with Crippen LogP contribution in [0.3, 0.4) is 0 Å². The number of rotatable bonds is 5. The Morgan fingerprint density at radius 2 is 2.17 bits per heavy atom. The van der Waals surface area contributed by atoms with E-state index < -0.39 is 11.9 Å². The van der Waals surface area contributed by atoms with Gasteiger partial charge in [-0.2, -0.15) is 4.37 Å². The number of anilines is 1. The first-order chi connectivity index (χ1) is 8.38. The van der Waals surface area contributed by atoms with Gasteiger partial charge >= 0.3 is 5.97 Å². The molecule has 0 spiro atoms. The van der Waals surface area contributed by atoms with Gasteiger partial charge < -0.3 is 15.7 Å². The zero-order valence-corrected chi connectivity index (χ0v) is 11.5. The molecular weight excluding hydrogens is 254 g/mol. The zero-order chi connectivity index (χ0) is 13.9. The summed E-state index contributed by atoms with van der Waals surface area (Å²) in [5.74, 6) is -1.78. The summed E-state index contributed by atoms with van der Waals surface area (Å²) in [4.78, 5) is 24.9. The number of carboxylic acid groups (broad SMARTS) is 1. The van der Waals surface area contributed by atoms with E-state index in [1.165, 1.54) is 4.90 Å². The van der Waals surface area contributed by atoms with Crippen molar-refractivity contribution in [3.05, 3.63) is 10.6 Å². The summed E-state index contributed by atoms with van der Waals surface area (Å²) in [7, 11) is 0. The van der Waals surface area contributed by atoms with E-state index in [4.69, 9.17) is 10.8 Å². The number of aliphatic carboxylic acids is 1. The Hall–Kier alpha value is -1.63. The Labute approximate surface area is 110 Å². The molecule has 1 amide bonds. The van der Waals surface area contributed by atoms with Crippen molar-refractivity contribution in [2.24, 2.45) is 5.92 Å². The quantitative estimate of drug-likeness (QED) is 0.839. The number of aromatic nitrogens is 1. The largest absolute Gasteiger partial charge is 0.481 e. The maximum Gasteiger partial charge on any atom is 0.308 e. The molecule has 0 bridgehead atoms. The minimum absolute atomic E-state index is 0.168. The number of amides is 1. The van der Waals surface area contributed by atoms with E-state index in [-0.39, 0.29) is 12.5 Å². The van der Waals surface area contributed by atoms with E-state index in [0.717, 1.165) is 11.5 Å². The van der Waals surface area contributed by atoms with Gasteiger partial charge in [0, 0.05) is 13.1 Å². The Morgan fingerprint density at radius 3 is 2.56 bits per heavy atom. The van der Waals surface area contributed by atoms with Gasteiger partial charge in [0.25, 0.3) is 5.91 Å². The molecule has 0 aliphatic rings. The average Bonchev–Trinajstić information content (AvgIpc) is 2.65. The van der Waals surface area contributed by atoms with Gasteiger partial charge in [0.1, 0.15) is 4.88 Å². The number of hydrogen-bond acceptors (Lipinski definition) is 5. The fourth-order valence-electron chi connectivity index (χ4n) is 1.44. The molecule has 0 aromatic carbocycles. The standard InChI is InChI=1S/C11H17N3O3S/c1-4-14(5-6(2)11(16)17)10(15)9-8(12)7(3)13-18-9/h6H,4-5,12H2,1-3H3,(H,16,17). The molecule has 100 valence electrons. The summed E-state index contributed by atoms with van der Waals surface area (Å²) in [6.07, 6.45) is 0. The highest BCUT2D eigenvalue weighted by atomic mass is 32.1. The first-order valence-electron chi connectivity index (χ1n) is 5.62. The lowest BCUT2D eigenvalue weighted by molar-refractivity contribution is -0.141. The average molecular weight is 271 g/mol. The van der Waals surface area contributed by atoms with Gasteiger partial charge in [0.2, 0.25) is 0 Å². The normalized spacial score (nSPS) is 12.2. The van der Waals surface area contributed by atoms with Crippen LogP contribution in [0.2, 0.25) is 0 Å². The molecule has 1 aromatic rings. The minimum Gasteiger partial charge on any atom is -0.481 e. The van der Waals surface area contributed by atoms with Gasteiger partial charge in [-0.15, -0.1) is 0 Å². The van der Waals surface area contributed by atoms with Crippen molar-refractivity contribution >= 4 is 29.1 Å². The van der Waals surface area contributed by atoms with Gasteiger partial charge in [0.05, 0.1) is 17.3 Å². The number of carbonyl (C=O) groups is 2. The summed E-state index contributed by atoms with van der Waals surface area (Å²) < 4.78 is 4.02. The molecular formula is C11H17N3O3S. The summed E-state index contributed by atoms with van der Waals surface area (Å²) >= 11 is 1.05. The van der Waals surface area contributed by atoms with Gasteiger partial charge in [0.15, 0.2) is 0 Å². The third-order valence-corrected chi connectivity index (χ3v) is 3.63. The predicted octanol–water partition coefficient (Wildman–Crippen LogP) is 1.22. The summed E-state index contributed by atoms with van der Waals surface area (Å²) in [5, 5.41) is 8.87. The van der Waals surface area contributed by atoms with Crippen LogP contribution in [-0.2, 0) is 4.79 Å². The van der Waals surface area contributed by atoms with Crippen LogP contribution >= 0.6 is 11.5 Å². The lowest BCUT2D eigenvalue weighted by atomic mass is 10.1. The number of carboxylic acids is 1. The molecule has 18 heavy (non-hydrogen) atoms. The fourth-order valence-corrected chi connectivity index (χ4v) is 2.22. The van der Waals surface area contributed by atoms with E-state index >= 15 is 0 Å². The Morgan fingerprint density at radius 1 is 1.56 bits per heavy atom. The second kappa shape index (κ2) is 5.81. The number of nitrogens with two attached hydrogens (primary N) is 1. The molecule has 1 aromatic heterocycles. The molecule has 0 saturated carbocycles. The second-order valence-corrected chi connectivity index (χ2v) is 4.87. The molecule has 0 radical (unpaired) electrons. The summed E-state index contributed by atoms with van der Waals surface area (Å²) in [5.41, 5.74) is 6.78. The van der Waals surface area contributed by atoms with Crippen molar-refractivity contribution in [2.45, 2.75) is 20.8 Å². The van der Waals surface area contributed by atoms with Gasteiger partial charge in [-0.25, -0.2) is 0 Å². The van der Waals surface area contributed by atoms with Crippen molar-refractivity contribution in [1.29, 1.82) is 0 Å². The molecule has 6 nitrogen and oxygen atoms in total. The molecule has 1 unspecified atom stereocenters. The maximum atomic E-state index is 12.2. The maximum absolute atomic E-state index is 12.2. The fraction of sp³-hybridized carbons (Fsp3) is 0.545. The van der Waals surface area contributed by atoms with Crippen LogP contribution < -0.4 is 5.73 Å². The van der Waals surface area contributed by atoms with E-state index in [0.29, 0.717) is 22.8 Å². The monoisotopic (exact) mass is 271 g/mol. The highest BCUT2D eigenvalue weighted by Gasteiger charge is 2.24. The van der Waals surface area contributed by atoms with Crippen LogP contribution in [0.5, 0.6) is 0 Å². The van der Waals surface area contributed by atoms with Crippen molar-refractivity contribution in [1.82, 2.24) is 9.27 Å². The first-order valence-corrected chi connectivity index (χ1v) is 6.39. The van der Waals surface area contributed by atoms with E-state index in [9.17, 15) is 9.59 Å². The van der Waals surface area contributed by atoms with Gasteiger partial charge in [-0.05, 0) is 25.4 Å². The van der Waals surface area contributed by atoms with Crippen LogP contribution in [0.4, 0.5) is 5.69 Å². The SMILES string of the molecule is CCN(CC(C)C(=O)O)C(=O)c1snc(C)c1N. The molecule has 0 saturated heterocycles. The summed E-state index contributed by atoms with van der Waals surface area (Å²) in [6.45, 7) is 5.71. The number of aryl methyl sites for hydroxylation is 1. The summed E-state index contributed by atoms with van der Waals surface area (Å²) in [6, 6.07) is 0. The van der Waals surface area contributed by atoms with Crippen LogP contribution in [0.15, 0.2) is 0 Å². The smallest absolute Gasteiger partial charge is 0.308 e. The van der Waals surface area contributed by atoms with Crippen LogP contribution in [0.25, 0.3) is 0 Å². The van der Waals surface area contributed by atoms with Crippen LogP contribution in [-0.4, -0.2) is 39.3 Å². The topological polar surface area (TPSA) is 96.5 Å². The number of carbonyl (C=O) groups excluding carboxylic acids is 1. The first kappa shape index (κ1) is 14.4. The van der Waals surface area contributed by atoms with Gasteiger partial charge in [-0.1, -0.05) is 6.92 Å². The zero-order valence-electron chi connectivity index (χ0n) is 10.6. The van der Waals surface area contributed by atoms with Crippen molar-refractivity contribution in [2.75, 3.05) is 18.8 Å². The Balaban J connectivity index is 2.86. The number of hydrogen-bond donors (Lipinski definition) is 2. The Kier molecular flexibility index (Phi) is 4.66. The van der Waals surface area contributed by atoms with E-state index in [1.807, 2.05) is 0 Å². The highest BCUT2D eigenvalue weighted by Crippen LogP contribution is 2.22. The lowest BCUT2D eigenvalue weighted by Gasteiger charge is -2.22. The molecule has 1 rings (SSSR count). The van der Waals surface area contributed by atoms with Crippen LogP contribution in [0, 0.1) is 12.8 Å². The molecule has 3 N–H and O–H groups in total. The van der Waals surface area contributed by atoms with E-state index in [2.05, 4.69) is 4.37 Å². The third-order valence-electron chi connectivity index (χ3n) is 2.69. The van der Waals surface area contributed by atoms with Crippen molar-refractivity contribution in [3.8, 4) is 0 Å². The highest BCUT2D eigenvalue weighted by molar-refractivity contribution is 7.08. The second-order valence-electron chi connectivity index (χ2n) is 4.09. The minimum atomic E-state index is -0.922. The molecule has 0 aliphatic heterocycles. The number of nitrogen functional groups attached to an aromatic ring is 1. The van der Waals surface area contributed by atoms with Crippen LogP contribution in [0.1, 0.15) is 29.2 Å². The third kappa shape index (κ3) is 2.98. The molecule has 0 fully saturated rings. The van der Waals surface area contributed by atoms with Crippen molar-refractivity contribution < 1.29 is 14.7 Å². The van der Waals surface area contributed by atoms with Crippen molar-refractivity contribution in [3.63, 3.8) is 0 Å². The van der Waals surface area contributed by atoms with Gasteiger partial charge in [-0.3, -0.25) is 9.59 Å². The number of nitrogens with zero attached hydrogens (tertiary/aromatic N) is 2. The lowest BCUT2D eigenvalue weighted by Crippen LogP contribution is -2.36. The molecule has 7 heteroatoms. The molecule has 1 heterocycles. The molecule has 1 atom stereocenters. The predicted molar refractivity (Wildman–Crippen MR) is 69.6 cm³/mol. The Bertz CT molecular complexity index is 458.